The number of aromatic hydroxyl groups is 2. The normalized spacial score (nSPS) is 10.9. The Kier molecular flexibility index (Phi) is 4.37. The Morgan fingerprint density at radius 2 is 1.22 bits per heavy atom. The molecule has 0 aliphatic carbocycles. The lowest BCUT2D eigenvalue weighted by Crippen LogP contribution is -1.97. The van der Waals surface area contributed by atoms with Crippen molar-refractivity contribution in [3.63, 3.8) is 0 Å². The van der Waals surface area contributed by atoms with Crippen LogP contribution in [0.3, 0.4) is 0 Å². The molecule has 0 saturated heterocycles. The molecule has 94 valence electrons. The molecule has 0 aliphatic rings. The third-order valence-electron chi connectivity index (χ3n) is 2.94. The standard InChI is InChI=1S/C14H12I2O2/c1-8(9-2-4-13(17)11(15)6-9)10-3-5-14(18)12(16)7-10/h2-8,17-18H,1H3. The van der Waals surface area contributed by atoms with E-state index in [0.29, 0.717) is 11.5 Å². The van der Waals surface area contributed by atoms with Crippen molar-refractivity contribution in [2.45, 2.75) is 12.8 Å². The van der Waals surface area contributed by atoms with Crippen LogP contribution in [0.25, 0.3) is 0 Å². The summed E-state index contributed by atoms with van der Waals surface area (Å²) in [5, 5.41) is 19.1. The van der Waals surface area contributed by atoms with Crippen molar-refractivity contribution in [1.82, 2.24) is 0 Å². The molecule has 0 amide bonds. The Hall–Kier alpha value is -0.500. The van der Waals surface area contributed by atoms with Crippen LogP contribution in [0.15, 0.2) is 36.4 Å². The van der Waals surface area contributed by atoms with Gasteiger partial charge in [0.15, 0.2) is 0 Å². The summed E-state index contributed by atoms with van der Waals surface area (Å²) in [5.74, 6) is 0.854. The van der Waals surface area contributed by atoms with E-state index in [-0.39, 0.29) is 5.92 Å². The lowest BCUT2D eigenvalue weighted by molar-refractivity contribution is 0.471. The largest absolute Gasteiger partial charge is 0.507 e. The maximum absolute atomic E-state index is 9.53. The van der Waals surface area contributed by atoms with Crippen molar-refractivity contribution < 1.29 is 10.2 Å². The fourth-order valence-electron chi connectivity index (χ4n) is 1.78. The molecule has 2 N–H and O–H groups in total. The van der Waals surface area contributed by atoms with E-state index in [9.17, 15) is 10.2 Å². The highest BCUT2D eigenvalue weighted by Gasteiger charge is 2.11. The van der Waals surface area contributed by atoms with Gasteiger partial charge in [-0.2, -0.15) is 0 Å². The first-order valence-electron chi connectivity index (χ1n) is 5.46. The van der Waals surface area contributed by atoms with Gasteiger partial charge in [0.05, 0.1) is 7.14 Å². The summed E-state index contributed by atoms with van der Waals surface area (Å²) in [6, 6.07) is 11.3. The minimum Gasteiger partial charge on any atom is -0.507 e. The van der Waals surface area contributed by atoms with Gasteiger partial charge in [-0.25, -0.2) is 0 Å². The van der Waals surface area contributed by atoms with Crippen LogP contribution in [-0.2, 0) is 0 Å². The van der Waals surface area contributed by atoms with Gasteiger partial charge in [-0.1, -0.05) is 19.1 Å². The van der Waals surface area contributed by atoms with Gasteiger partial charge in [0, 0.05) is 5.92 Å². The van der Waals surface area contributed by atoms with Crippen molar-refractivity contribution in [2.24, 2.45) is 0 Å². The summed E-state index contributed by atoms with van der Waals surface area (Å²) < 4.78 is 1.70. The van der Waals surface area contributed by atoms with Crippen LogP contribution < -0.4 is 0 Å². The molecule has 0 atom stereocenters. The molecule has 0 spiro atoms. The average molecular weight is 466 g/mol. The van der Waals surface area contributed by atoms with Crippen LogP contribution in [-0.4, -0.2) is 10.2 Å². The molecule has 2 aromatic rings. The molecule has 0 aliphatic heterocycles. The Morgan fingerprint density at radius 1 is 0.833 bits per heavy atom. The highest BCUT2D eigenvalue weighted by atomic mass is 127. The average Bonchev–Trinajstić information content (AvgIpc) is 2.35. The van der Waals surface area contributed by atoms with E-state index in [1.165, 1.54) is 0 Å². The van der Waals surface area contributed by atoms with Crippen LogP contribution in [0.4, 0.5) is 0 Å². The summed E-state index contributed by atoms with van der Waals surface area (Å²) in [4.78, 5) is 0. The monoisotopic (exact) mass is 466 g/mol. The molecule has 2 nitrogen and oxygen atoms in total. The Labute approximate surface area is 133 Å². The minimum absolute atomic E-state index is 0.230. The van der Waals surface area contributed by atoms with E-state index in [0.717, 1.165) is 18.3 Å². The highest BCUT2D eigenvalue weighted by Crippen LogP contribution is 2.31. The maximum Gasteiger partial charge on any atom is 0.128 e. The van der Waals surface area contributed by atoms with E-state index < -0.39 is 0 Å². The summed E-state index contributed by atoms with van der Waals surface area (Å²) >= 11 is 4.25. The molecule has 0 radical (unpaired) electrons. The third kappa shape index (κ3) is 2.90. The molecule has 0 heterocycles. The molecule has 18 heavy (non-hydrogen) atoms. The van der Waals surface area contributed by atoms with Gasteiger partial charge in [-0.15, -0.1) is 0 Å². The summed E-state index contributed by atoms with van der Waals surface area (Å²) in [6.45, 7) is 2.12. The molecule has 0 aromatic heterocycles. The molecule has 0 saturated carbocycles. The van der Waals surface area contributed by atoms with Crippen molar-refractivity contribution in [1.29, 1.82) is 0 Å². The van der Waals surface area contributed by atoms with Crippen molar-refractivity contribution >= 4 is 45.2 Å². The van der Waals surface area contributed by atoms with Gasteiger partial charge >= 0.3 is 0 Å². The molecule has 0 bridgehead atoms. The number of phenolic OH excluding ortho intramolecular Hbond substituents is 2. The molecule has 0 unspecified atom stereocenters. The first-order valence-corrected chi connectivity index (χ1v) is 7.61. The first-order chi connectivity index (χ1) is 8.49. The Morgan fingerprint density at radius 3 is 1.56 bits per heavy atom. The molecule has 2 aromatic carbocycles. The van der Waals surface area contributed by atoms with Crippen LogP contribution in [0.2, 0.25) is 0 Å². The second-order valence-electron chi connectivity index (χ2n) is 4.14. The zero-order valence-corrected chi connectivity index (χ0v) is 14.0. The number of benzene rings is 2. The summed E-state index contributed by atoms with van der Waals surface area (Å²) in [6.07, 6.45) is 0. The van der Waals surface area contributed by atoms with Gasteiger partial charge < -0.3 is 10.2 Å². The number of phenols is 2. The fourth-order valence-corrected chi connectivity index (χ4v) is 2.86. The van der Waals surface area contributed by atoms with E-state index in [1.54, 1.807) is 12.1 Å². The Bertz CT molecular complexity index is 531. The van der Waals surface area contributed by atoms with E-state index in [1.807, 2.05) is 24.3 Å². The Balaban J connectivity index is 2.37. The van der Waals surface area contributed by atoms with E-state index in [4.69, 9.17) is 0 Å². The van der Waals surface area contributed by atoms with Crippen LogP contribution in [0.1, 0.15) is 24.0 Å². The van der Waals surface area contributed by atoms with Gasteiger partial charge in [0.1, 0.15) is 11.5 Å². The van der Waals surface area contributed by atoms with Crippen LogP contribution >= 0.6 is 45.2 Å². The first kappa shape index (κ1) is 13.9. The predicted octanol–water partition coefficient (Wildman–Crippen LogP) is 4.46. The van der Waals surface area contributed by atoms with E-state index in [2.05, 4.69) is 52.1 Å². The second kappa shape index (κ2) is 5.64. The van der Waals surface area contributed by atoms with Crippen molar-refractivity contribution in [3.8, 4) is 11.5 Å². The zero-order valence-electron chi connectivity index (χ0n) is 9.69. The predicted molar refractivity (Wildman–Crippen MR) is 89.2 cm³/mol. The number of halogens is 2. The topological polar surface area (TPSA) is 40.5 Å². The summed E-state index contributed by atoms with van der Waals surface area (Å²) in [5.41, 5.74) is 2.30. The quantitative estimate of drug-likeness (QED) is 0.643. The molecule has 2 rings (SSSR count). The number of rotatable bonds is 2. The van der Waals surface area contributed by atoms with Gasteiger partial charge in [0.25, 0.3) is 0 Å². The van der Waals surface area contributed by atoms with E-state index >= 15 is 0 Å². The van der Waals surface area contributed by atoms with Crippen LogP contribution in [0, 0.1) is 7.14 Å². The minimum atomic E-state index is 0.230. The molecular weight excluding hydrogens is 454 g/mol. The fraction of sp³-hybridized carbons (Fsp3) is 0.143. The maximum atomic E-state index is 9.53. The summed E-state index contributed by atoms with van der Waals surface area (Å²) in [7, 11) is 0. The number of hydrogen-bond donors (Lipinski definition) is 2. The molecule has 4 heteroatoms. The van der Waals surface area contributed by atoms with Crippen molar-refractivity contribution in [3.05, 3.63) is 54.7 Å². The smallest absolute Gasteiger partial charge is 0.128 e. The number of hydrogen-bond acceptors (Lipinski definition) is 2. The van der Waals surface area contributed by atoms with Gasteiger partial charge in [0.2, 0.25) is 0 Å². The zero-order chi connectivity index (χ0) is 13.3. The lowest BCUT2D eigenvalue weighted by atomic mass is 9.93. The molecule has 0 fully saturated rings. The van der Waals surface area contributed by atoms with Crippen LogP contribution in [0.5, 0.6) is 11.5 Å². The van der Waals surface area contributed by atoms with Gasteiger partial charge in [-0.3, -0.25) is 0 Å². The lowest BCUT2D eigenvalue weighted by Gasteiger charge is -2.14. The highest BCUT2D eigenvalue weighted by molar-refractivity contribution is 14.1. The SMILES string of the molecule is CC(c1ccc(O)c(I)c1)c1ccc(O)c(I)c1. The third-order valence-corrected chi connectivity index (χ3v) is 4.67. The van der Waals surface area contributed by atoms with Gasteiger partial charge in [-0.05, 0) is 80.6 Å². The molecular formula is C14H12I2O2. The van der Waals surface area contributed by atoms with Crippen molar-refractivity contribution in [2.75, 3.05) is 0 Å². The second-order valence-corrected chi connectivity index (χ2v) is 6.47.